The van der Waals surface area contributed by atoms with Gasteiger partial charge in [0.1, 0.15) is 0 Å². The van der Waals surface area contributed by atoms with Crippen molar-refractivity contribution in [1.29, 1.82) is 0 Å². The minimum atomic E-state index is 0.0809. The average molecular weight is 214 g/mol. The monoisotopic (exact) mass is 214 g/mol. The number of rotatable bonds is 6. The fraction of sp³-hybridized carbons (Fsp3) is 0.909. The number of ether oxygens (including phenoxy) is 1. The van der Waals surface area contributed by atoms with Crippen molar-refractivity contribution in [3.05, 3.63) is 0 Å². The Morgan fingerprint density at radius 1 is 1.60 bits per heavy atom. The minimum absolute atomic E-state index is 0.0809. The lowest BCUT2D eigenvalue weighted by atomic mass is 9.66. The van der Waals surface area contributed by atoms with E-state index in [-0.39, 0.29) is 17.4 Å². The van der Waals surface area contributed by atoms with Crippen LogP contribution in [0.3, 0.4) is 0 Å². The van der Waals surface area contributed by atoms with Crippen LogP contribution >= 0.6 is 0 Å². The van der Waals surface area contributed by atoms with Gasteiger partial charge in [-0.1, -0.05) is 6.42 Å². The van der Waals surface area contributed by atoms with Crippen LogP contribution in [0.4, 0.5) is 0 Å². The molecule has 1 aliphatic carbocycles. The molecule has 1 atom stereocenters. The van der Waals surface area contributed by atoms with E-state index in [2.05, 4.69) is 5.32 Å². The molecule has 1 unspecified atom stereocenters. The number of nitrogens with one attached hydrogen (secondary N) is 1. The van der Waals surface area contributed by atoms with Crippen molar-refractivity contribution in [2.24, 2.45) is 11.1 Å². The Kier molecular flexibility index (Phi) is 4.54. The molecule has 1 aliphatic rings. The topological polar surface area (TPSA) is 64.3 Å². The van der Waals surface area contributed by atoms with Gasteiger partial charge >= 0.3 is 0 Å². The van der Waals surface area contributed by atoms with E-state index >= 15 is 0 Å². The molecule has 0 heterocycles. The van der Waals surface area contributed by atoms with Gasteiger partial charge in [0.15, 0.2) is 0 Å². The van der Waals surface area contributed by atoms with Crippen LogP contribution in [0.2, 0.25) is 0 Å². The van der Waals surface area contributed by atoms with Gasteiger partial charge in [0, 0.05) is 19.6 Å². The van der Waals surface area contributed by atoms with Crippen LogP contribution in [-0.2, 0) is 9.53 Å². The predicted molar refractivity (Wildman–Crippen MR) is 59.4 cm³/mol. The molecule has 4 heteroatoms. The molecule has 0 aromatic rings. The van der Waals surface area contributed by atoms with Crippen molar-refractivity contribution < 1.29 is 9.53 Å². The Labute approximate surface area is 91.5 Å². The Balaban J connectivity index is 2.28. The molecule has 1 fully saturated rings. The van der Waals surface area contributed by atoms with Gasteiger partial charge in [0.05, 0.1) is 6.61 Å². The SMILES string of the molecule is COCC(C)NC(=O)CC1(CN)CCC1. The van der Waals surface area contributed by atoms with Crippen molar-refractivity contribution in [1.82, 2.24) is 5.32 Å². The molecule has 0 bridgehead atoms. The van der Waals surface area contributed by atoms with E-state index in [1.165, 1.54) is 6.42 Å². The molecule has 0 aromatic heterocycles. The quantitative estimate of drug-likeness (QED) is 0.682. The first-order valence-electron chi connectivity index (χ1n) is 5.60. The van der Waals surface area contributed by atoms with Crippen LogP contribution in [-0.4, -0.2) is 32.2 Å². The lowest BCUT2D eigenvalue weighted by Crippen LogP contribution is -2.44. The summed E-state index contributed by atoms with van der Waals surface area (Å²) in [6.07, 6.45) is 3.96. The Morgan fingerprint density at radius 2 is 2.27 bits per heavy atom. The van der Waals surface area contributed by atoms with Crippen LogP contribution in [0.1, 0.15) is 32.6 Å². The second-order valence-electron chi connectivity index (χ2n) is 4.66. The predicted octanol–water partition coefficient (Wildman–Crippen LogP) is 0.657. The molecule has 3 N–H and O–H groups in total. The summed E-state index contributed by atoms with van der Waals surface area (Å²) in [4.78, 5) is 11.7. The zero-order valence-corrected chi connectivity index (χ0v) is 9.71. The zero-order valence-electron chi connectivity index (χ0n) is 9.71. The molecule has 15 heavy (non-hydrogen) atoms. The van der Waals surface area contributed by atoms with Gasteiger partial charge in [-0.2, -0.15) is 0 Å². The van der Waals surface area contributed by atoms with E-state index in [9.17, 15) is 4.79 Å². The molecule has 1 saturated carbocycles. The number of nitrogens with two attached hydrogens (primary N) is 1. The van der Waals surface area contributed by atoms with Crippen LogP contribution in [0, 0.1) is 5.41 Å². The fourth-order valence-corrected chi connectivity index (χ4v) is 2.09. The minimum Gasteiger partial charge on any atom is -0.383 e. The standard InChI is InChI=1S/C11H22N2O2/c1-9(7-15-2)13-10(14)6-11(8-12)4-3-5-11/h9H,3-8,12H2,1-2H3,(H,13,14). The maximum absolute atomic E-state index is 11.7. The van der Waals surface area contributed by atoms with Crippen molar-refractivity contribution in [3.63, 3.8) is 0 Å². The third kappa shape index (κ3) is 3.47. The Morgan fingerprint density at radius 3 is 2.67 bits per heavy atom. The zero-order chi connectivity index (χ0) is 11.3. The smallest absolute Gasteiger partial charge is 0.220 e. The highest BCUT2D eigenvalue weighted by Gasteiger charge is 2.37. The van der Waals surface area contributed by atoms with Gasteiger partial charge in [-0.15, -0.1) is 0 Å². The van der Waals surface area contributed by atoms with Crippen molar-refractivity contribution >= 4 is 5.91 Å². The molecule has 0 aliphatic heterocycles. The molecule has 0 aromatic carbocycles. The molecular formula is C11H22N2O2. The molecule has 0 radical (unpaired) electrons. The van der Waals surface area contributed by atoms with Crippen molar-refractivity contribution in [2.45, 2.75) is 38.6 Å². The summed E-state index contributed by atoms with van der Waals surface area (Å²) in [6, 6.07) is 0.0809. The summed E-state index contributed by atoms with van der Waals surface area (Å²) < 4.78 is 4.96. The maximum Gasteiger partial charge on any atom is 0.220 e. The number of amides is 1. The van der Waals surface area contributed by atoms with Crippen LogP contribution in [0.5, 0.6) is 0 Å². The van der Waals surface area contributed by atoms with E-state index in [1.807, 2.05) is 6.92 Å². The summed E-state index contributed by atoms with van der Waals surface area (Å²) in [5.74, 6) is 0.102. The molecule has 0 spiro atoms. The summed E-state index contributed by atoms with van der Waals surface area (Å²) in [5.41, 5.74) is 5.80. The first-order chi connectivity index (χ1) is 7.12. The summed E-state index contributed by atoms with van der Waals surface area (Å²) in [7, 11) is 1.63. The molecule has 88 valence electrons. The average Bonchev–Trinajstić information content (AvgIpc) is 2.11. The number of hydrogen-bond donors (Lipinski definition) is 2. The normalized spacial score (nSPS) is 20.5. The number of carbonyl (C=O) groups is 1. The van der Waals surface area contributed by atoms with Gasteiger partial charge in [0.2, 0.25) is 5.91 Å². The maximum atomic E-state index is 11.7. The third-order valence-corrected chi connectivity index (χ3v) is 3.21. The van der Waals surface area contributed by atoms with Gasteiger partial charge in [-0.3, -0.25) is 4.79 Å². The summed E-state index contributed by atoms with van der Waals surface area (Å²) >= 11 is 0. The molecule has 4 nitrogen and oxygen atoms in total. The third-order valence-electron chi connectivity index (χ3n) is 3.21. The van der Waals surface area contributed by atoms with Gasteiger partial charge < -0.3 is 15.8 Å². The molecular weight excluding hydrogens is 192 g/mol. The molecule has 1 amide bonds. The van der Waals surface area contributed by atoms with Crippen LogP contribution < -0.4 is 11.1 Å². The lowest BCUT2D eigenvalue weighted by Gasteiger charge is -2.40. The van der Waals surface area contributed by atoms with Crippen LogP contribution in [0.15, 0.2) is 0 Å². The van der Waals surface area contributed by atoms with Crippen LogP contribution in [0.25, 0.3) is 0 Å². The highest BCUT2D eigenvalue weighted by atomic mass is 16.5. The number of carbonyl (C=O) groups excluding carboxylic acids is 1. The van der Waals surface area contributed by atoms with Crippen molar-refractivity contribution in [3.8, 4) is 0 Å². The van der Waals surface area contributed by atoms with E-state index in [0.29, 0.717) is 19.6 Å². The lowest BCUT2D eigenvalue weighted by molar-refractivity contribution is -0.125. The summed E-state index contributed by atoms with van der Waals surface area (Å²) in [5, 5.41) is 2.92. The largest absolute Gasteiger partial charge is 0.383 e. The fourth-order valence-electron chi connectivity index (χ4n) is 2.09. The van der Waals surface area contributed by atoms with E-state index < -0.39 is 0 Å². The highest BCUT2D eigenvalue weighted by molar-refractivity contribution is 5.77. The van der Waals surface area contributed by atoms with Gasteiger partial charge in [-0.05, 0) is 31.7 Å². The van der Waals surface area contributed by atoms with Crippen molar-refractivity contribution in [2.75, 3.05) is 20.3 Å². The van der Waals surface area contributed by atoms with E-state index in [0.717, 1.165) is 12.8 Å². The first kappa shape index (κ1) is 12.5. The van der Waals surface area contributed by atoms with Gasteiger partial charge in [0.25, 0.3) is 0 Å². The Hall–Kier alpha value is -0.610. The first-order valence-corrected chi connectivity index (χ1v) is 5.60. The molecule has 0 saturated heterocycles. The number of methoxy groups -OCH3 is 1. The van der Waals surface area contributed by atoms with Gasteiger partial charge in [-0.25, -0.2) is 0 Å². The molecule has 1 rings (SSSR count). The Bertz CT molecular complexity index is 209. The second-order valence-corrected chi connectivity index (χ2v) is 4.66. The second kappa shape index (κ2) is 5.47. The van der Waals surface area contributed by atoms with E-state index in [1.54, 1.807) is 7.11 Å². The number of hydrogen-bond acceptors (Lipinski definition) is 3. The van der Waals surface area contributed by atoms with E-state index in [4.69, 9.17) is 10.5 Å². The highest BCUT2D eigenvalue weighted by Crippen LogP contribution is 2.42. The summed E-state index contributed by atoms with van der Waals surface area (Å²) in [6.45, 7) is 3.12.